The highest BCUT2D eigenvalue weighted by Gasteiger charge is 2.37. The standard InChI is InChI=1S/C10H14F3N5/c1-2-18(6-3-4-6)8-5-7(17-14)15-9(16-8)10(11,12)13/h5-6H,2-4,14H2,1H3,(H,15,16,17). The van der Waals surface area contributed by atoms with Crippen molar-refractivity contribution in [2.75, 3.05) is 16.9 Å². The van der Waals surface area contributed by atoms with Crippen molar-refractivity contribution in [2.24, 2.45) is 5.84 Å². The molecule has 1 heterocycles. The van der Waals surface area contributed by atoms with Crippen LogP contribution in [-0.4, -0.2) is 22.6 Å². The summed E-state index contributed by atoms with van der Waals surface area (Å²) in [7, 11) is 0. The molecule has 8 heteroatoms. The van der Waals surface area contributed by atoms with Gasteiger partial charge in [0, 0.05) is 18.7 Å². The number of aromatic nitrogens is 2. The molecule has 1 fully saturated rings. The first kappa shape index (κ1) is 12.9. The maximum absolute atomic E-state index is 12.7. The first-order valence-corrected chi connectivity index (χ1v) is 5.65. The summed E-state index contributed by atoms with van der Waals surface area (Å²) in [6.07, 6.45) is -2.63. The Balaban J connectivity index is 2.39. The number of halogens is 3. The number of anilines is 2. The Hall–Kier alpha value is -1.57. The molecule has 1 saturated carbocycles. The minimum absolute atomic E-state index is 0.0357. The second-order valence-corrected chi connectivity index (χ2v) is 4.09. The quantitative estimate of drug-likeness (QED) is 0.638. The fourth-order valence-corrected chi connectivity index (χ4v) is 1.78. The highest BCUT2D eigenvalue weighted by Crippen LogP contribution is 2.33. The van der Waals surface area contributed by atoms with Gasteiger partial charge in [0.05, 0.1) is 0 Å². The van der Waals surface area contributed by atoms with Gasteiger partial charge in [-0.25, -0.2) is 15.8 Å². The van der Waals surface area contributed by atoms with Gasteiger partial charge < -0.3 is 10.3 Å². The number of hydrogen-bond acceptors (Lipinski definition) is 5. The normalized spacial score (nSPS) is 15.6. The molecule has 0 aliphatic heterocycles. The Morgan fingerprint density at radius 1 is 1.44 bits per heavy atom. The van der Waals surface area contributed by atoms with E-state index in [0.29, 0.717) is 6.54 Å². The zero-order valence-corrected chi connectivity index (χ0v) is 9.83. The van der Waals surface area contributed by atoms with Crippen molar-refractivity contribution in [3.05, 3.63) is 11.9 Å². The van der Waals surface area contributed by atoms with Crippen LogP contribution in [0.1, 0.15) is 25.6 Å². The van der Waals surface area contributed by atoms with Crippen molar-refractivity contribution in [1.82, 2.24) is 9.97 Å². The molecular weight excluding hydrogens is 247 g/mol. The van der Waals surface area contributed by atoms with Gasteiger partial charge in [0.15, 0.2) is 0 Å². The van der Waals surface area contributed by atoms with Crippen molar-refractivity contribution < 1.29 is 13.2 Å². The first-order valence-electron chi connectivity index (χ1n) is 5.65. The minimum atomic E-state index is -4.58. The number of nitrogens with zero attached hydrogens (tertiary/aromatic N) is 3. The van der Waals surface area contributed by atoms with Gasteiger partial charge in [-0.2, -0.15) is 13.2 Å². The smallest absolute Gasteiger partial charge is 0.354 e. The largest absolute Gasteiger partial charge is 0.451 e. The molecule has 1 aliphatic carbocycles. The summed E-state index contributed by atoms with van der Waals surface area (Å²) in [6, 6.07) is 1.70. The zero-order chi connectivity index (χ0) is 13.3. The van der Waals surface area contributed by atoms with Gasteiger partial charge in [-0.1, -0.05) is 0 Å². The van der Waals surface area contributed by atoms with E-state index in [4.69, 9.17) is 5.84 Å². The SMILES string of the molecule is CCN(c1cc(NN)nc(C(F)(F)F)n1)C1CC1. The Bertz CT molecular complexity index is 430. The van der Waals surface area contributed by atoms with Crippen molar-refractivity contribution >= 4 is 11.6 Å². The topological polar surface area (TPSA) is 67.1 Å². The molecule has 5 nitrogen and oxygen atoms in total. The number of hydrogen-bond donors (Lipinski definition) is 2. The molecular formula is C10H14F3N5. The van der Waals surface area contributed by atoms with Gasteiger partial charge in [0.2, 0.25) is 5.82 Å². The molecule has 1 aromatic rings. The van der Waals surface area contributed by atoms with Crippen LogP contribution in [0.25, 0.3) is 0 Å². The van der Waals surface area contributed by atoms with Gasteiger partial charge in [-0.05, 0) is 19.8 Å². The van der Waals surface area contributed by atoms with E-state index >= 15 is 0 Å². The van der Waals surface area contributed by atoms with Gasteiger partial charge in [0.1, 0.15) is 11.6 Å². The molecule has 1 aromatic heterocycles. The third kappa shape index (κ3) is 2.63. The first-order chi connectivity index (χ1) is 8.45. The summed E-state index contributed by atoms with van der Waals surface area (Å²) < 4.78 is 38.0. The van der Waals surface area contributed by atoms with E-state index in [-0.39, 0.29) is 17.7 Å². The lowest BCUT2D eigenvalue weighted by Gasteiger charge is -2.22. The van der Waals surface area contributed by atoms with E-state index in [9.17, 15) is 13.2 Å². The molecule has 0 unspecified atom stereocenters. The molecule has 0 aromatic carbocycles. The number of rotatable bonds is 4. The number of alkyl halides is 3. The molecule has 100 valence electrons. The summed E-state index contributed by atoms with van der Waals surface area (Å²) in [4.78, 5) is 8.73. The van der Waals surface area contributed by atoms with Crippen LogP contribution >= 0.6 is 0 Å². The van der Waals surface area contributed by atoms with Crippen molar-refractivity contribution in [2.45, 2.75) is 32.0 Å². The summed E-state index contributed by atoms with van der Waals surface area (Å²) in [6.45, 7) is 2.48. The van der Waals surface area contributed by atoms with Crippen LogP contribution in [0.2, 0.25) is 0 Å². The highest BCUT2D eigenvalue weighted by molar-refractivity contribution is 5.50. The van der Waals surface area contributed by atoms with E-state index in [1.165, 1.54) is 6.07 Å². The van der Waals surface area contributed by atoms with Crippen LogP contribution < -0.4 is 16.2 Å². The third-order valence-corrected chi connectivity index (χ3v) is 2.74. The summed E-state index contributed by atoms with van der Waals surface area (Å²) in [5.41, 5.74) is 2.14. The molecule has 18 heavy (non-hydrogen) atoms. The third-order valence-electron chi connectivity index (χ3n) is 2.74. The van der Waals surface area contributed by atoms with Crippen LogP contribution in [-0.2, 0) is 6.18 Å². The van der Waals surface area contributed by atoms with Crippen LogP contribution in [0.5, 0.6) is 0 Å². The second-order valence-electron chi connectivity index (χ2n) is 4.09. The predicted octanol–water partition coefficient (Wildman–Crippen LogP) is 1.77. The van der Waals surface area contributed by atoms with E-state index in [1.54, 1.807) is 0 Å². The number of nitrogen functional groups attached to an aromatic ring is 1. The molecule has 1 aliphatic rings. The van der Waals surface area contributed by atoms with Gasteiger partial charge >= 0.3 is 6.18 Å². The number of nitrogens with two attached hydrogens (primary N) is 1. The maximum Gasteiger partial charge on any atom is 0.451 e. The van der Waals surface area contributed by atoms with Gasteiger partial charge in [-0.3, -0.25) is 0 Å². The maximum atomic E-state index is 12.7. The van der Waals surface area contributed by atoms with Crippen molar-refractivity contribution in [1.29, 1.82) is 0 Å². The van der Waals surface area contributed by atoms with Crippen LogP contribution in [0, 0.1) is 0 Å². The fourth-order valence-electron chi connectivity index (χ4n) is 1.78. The Morgan fingerprint density at radius 2 is 2.11 bits per heavy atom. The monoisotopic (exact) mass is 261 g/mol. The average molecular weight is 261 g/mol. The average Bonchev–Trinajstić information content (AvgIpc) is 3.13. The predicted molar refractivity (Wildman–Crippen MR) is 60.9 cm³/mol. The van der Waals surface area contributed by atoms with E-state index in [1.807, 2.05) is 11.8 Å². The zero-order valence-electron chi connectivity index (χ0n) is 9.83. The Morgan fingerprint density at radius 3 is 2.56 bits per heavy atom. The number of nitrogens with one attached hydrogen (secondary N) is 1. The lowest BCUT2D eigenvalue weighted by Crippen LogP contribution is -2.28. The molecule has 2 rings (SSSR count). The van der Waals surface area contributed by atoms with E-state index in [0.717, 1.165) is 12.8 Å². The van der Waals surface area contributed by atoms with Crippen LogP contribution in [0.15, 0.2) is 6.07 Å². The van der Waals surface area contributed by atoms with Crippen LogP contribution in [0.3, 0.4) is 0 Å². The number of hydrazine groups is 1. The van der Waals surface area contributed by atoms with Crippen molar-refractivity contribution in [3.8, 4) is 0 Å². The molecule has 0 radical (unpaired) electrons. The van der Waals surface area contributed by atoms with Crippen molar-refractivity contribution in [3.63, 3.8) is 0 Å². The fraction of sp³-hybridized carbons (Fsp3) is 0.600. The summed E-state index contributed by atoms with van der Waals surface area (Å²) in [5, 5.41) is 0. The molecule has 0 atom stereocenters. The minimum Gasteiger partial charge on any atom is -0.354 e. The lowest BCUT2D eigenvalue weighted by atomic mass is 10.4. The molecule has 0 saturated heterocycles. The Labute approximate surface area is 102 Å². The Kier molecular flexibility index (Phi) is 3.29. The lowest BCUT2D eigenvalue weighted by molar-refractivity contribution is -0.144. The van der Waals surface area contributed by atoms with E-state index < -0.39 is 12.0 Å². The molecule has 0 bridgehead atoms. The van der Waals surface area contributed by atoms with E-state index in [2.05, 4.69) is 15.4 Å². The van der Waals surface area contributed by atoms with Crippen LogP contribution in [0.4, 0.5) is 24.8 Å². The molecule has 0 spiro atoms. The van der Waals surface area contributed by atoms with Gasteiger partial charge in [-0.15, -0.1) is 0 Å². The summed E-state index contributed by atoms with van der Waals surface area (Å²) >= 11 is 0. The second kappa shape index (κ2) is 4.60. The van der Waals surface area contributed by atoms with Gasteiger partial charge in [0.25, 0.3) is 0 Å². The highest BCUT2D eigenvalue weighted by atomic mass is 19.4. The summed E-state index contributed by atoms with van der Waals surface area (Å²) in [5.74, 6) is 4.19. The molecule has 0 amide bonds. The molecule has 3 N–H and O–H groups in total.